The molecule has 0 aliphatic heterocycles. The molecular formula is C12H19N7O. The zero-order chi connectivity index (χ0) is 14.4. The molecule has 0 saturated carbocycles. The van der Waals surface area contributed by atoms with E-state index in [1.165, 1.54) is 7.11 Å². The molecular weight excluding hydrogens is 258 g/mol. The van der Waals surface area contributed by atoms with Gasteiger partial charge in [0, 0.05) is 38.4 Å². The van der Waals surface area contributed by atoms with Crippen molar-refractivity contribution in [2.75, 3.05) is 30.8 Å². The van der Waals surface area contributed by atoms with Gasteiger partial charge in [-0.15, -0.1) is 0 Å². The molecule has 0 fully saturated rings. The monoisotopic (exact) mass is 277 g/mol. The molecule has 2 aromatic heterocycles. The van der Waals surface area contributed by atoms with Crippen LogP contribution in [0.5, 0.6) is 6.01 Å². The van der Waals surface area contributed by atoms with Crippen molar-refractivity contribution in [3.8, 4) is 6.01 Å². The summed E-state index contributed by atoms with van der Waals surface area (Å²) in [7, 11) is 3.45. The smallest absolute Gasteiger partial charge is 0.322 e. The largest absolute Gasteiger partial charge is 0.467 e. The predicted molar refractivity (Wildman–Crippen MR) is 75.9 cm³/mol. The molecule has 2 aromatic rings. The van der Waals surface area contributed by atoms with E-state index in [1.807, 2.05) is 24.7 Å². The second-order valence-electron chi connectivity index (χ2n) is 4.12. The first-order chi connectivity index (χ1) is 9.72. The summed E-state index contributed by atoms with van der Waals surface area (Å²) in [5, 5.41) is 10.3. The van der Waals surface area contributed by atoms with Gasteiger partial charge in [-0.2, -0.15) is 20.1 Å². The molecule has 0 aliphatic carbocycles. The maximum atomic E-state index is 5.06. The lowest BCUT2D eigenvalue weighted by Crippen LogP contribution is -2.13. The van der Waals surface area contributed by atoms with Crippen LogP contribution in [-0.4, -0.2) is 44.9 Å². The molecule has 2 rings (SSSR count). The molecule has 0 unspecified atom stereocenters. The quantitative estimate of drug-likeness (QED) is 0.770. The Morgan fingerprint density at radius 2 is 1.95 bits per heavy atom. The van der Waals surface area contributed by atoms with Gasteiger partial charge in [0.1, 0.15) is 0 Å². The van der Waals surface area contributed by atoms with Crippen LogP contribution in [0.2, 0.25) is 0 Å². The van der Waals surface area contributed by atoms with Crippen LogP contribution in [0.15, 0.2) is 12.3 Å². The normalized spacial score (nSPS) is 10.3. The van der Waals surface area contributed by atoms with E-state index in [2.05, 4.69) is 30.7 Å². The van der Waals surface area contributed by atoms with Crippen LogP contribution in [0, 0.1) is 0 Å². The molecule has 0 amide bonds. The fourth-order valence-electron chi connectivity index (χ4n) is 1.71. The van der Waals surface area contributed by atoms with Gasteiger partial charge in [0.15, 0.2) is 0 Å². The summed E-state index contributed by atoms with van der Waals surface area (Å²) in [5.41, 5.74) is 1.14. The molecule has 0 bridgehead atoms. The molecule has 20 heavy (non-hydrogen) atoms. The van der Waals surface area contributed by atoms with E-state index in [0.29, 0.717) is 24.5 Å². The van der Waals surface area contributed by atoms with E-state index in [9.17, 15) is 0 Å². The molecule has 2 heterocycles. The van der Waals surface area contributed by atoms with Crippen LogP contribution in [0.1, 0.15) is 12.6 Å². The summed E-state index contributed by atoms with van der Waals surface area (Å²) < 4.78 is 6.90. The Bertz CT molecular complexity index is 554. The zero-order valence-electron chi connectivity index (χ0n) is 11.9. The third-order valence-electron chi connectivity index (χ3n) is 2.72. The maximum Gasteiger partial charge on any atom is 0.322 e. The lowest BCUT2D eigenvalue weighted by Gasteiger charge is -2.08. The van der Waals surface area contributed by atoms with Gasteiger partial charge >= 0.3 is 6.01 Å². The topological polar surface area (TPSA) is 89.8 Å². The third-order valence-corrected chi connectivity index (χ3v) is 2.72. The van der Waals surface area contributed by atoms with Crippen LogP contribution in [0.4, 0.5) is 11.9 Å². The van der Waals surface area contributed by atoms with E-state index in [-0.39, 0.29) is 0 Å². The Labute approximate surface area is 117 Å². The molecule has 0 spiro atoms. The van der Waals surface area contributed by atoms with E-state index < -0.39 is 0 Å². The highest BCUT2D eigenvalue weighted by Gasteiger charge is 2.06. The van der Waals surface area contributed by atoms with E-state index in [1.54, 1.807) is 6.20 Å². The van der Waals surface area contributed by atoms with Gasteiger partial charge in [-0.1, -0.05) is 0 Å². The van der Waals surface area contributed by atoms with Crippen molar-refractivity contribution in [3.05, 3.63) is 18.0 Å². The third kappa shape index (κ3) is 3.56. The number of nitrogens with one attached hydrogen (secondary N) is 2. The van der Waals surface area contributed by atoms with Crippen LogP contribution in [0.3, 0.4) is 0 Å². The fraction of sp³-hybridized carbons (Fsp3) is 0.500. The Balaban J connectivity index is 1.97. The van der Waals surface area contributed by atoms with E-state index >= 15 is 0 Å². The highest BCUT2D eigenvalue weighted by atomic mass is 16.5. The highest BCUT2D eigenvalue weighted by molar-refractivity contribution is 5.35. The first-order valence-corrected chi connectivity index (χ1v) is 6.47. The zero-order valence-corrected chi connectivity index (χ0v) is 11.9. The van der Waals surface area contributed by atoms with Gasteiger partial charge in [0.05, 0.1) is 7.11 Å². The number of hydrogen-bond acceptors (Lipinski definition) is 7. The molecule has 0 saturated heterocycles. The summed E-state index contributed by atoms with van der Waals surface area (Å²) in [5.74, 6) is 0.998. The number of aromatic nitrogens is 5. The average molecular weight is 277 g/mol. The summed E-state index contributed by atoms with van der Waals surface area (Å²) in [6.07, 6.45) is 2.62. The second-order valence-corrected chi connectivity index (χ2v) is 4.12. The van der Waals surface area contributed by atoms with Gasteiger partial charge in [-0.3, -0.25) is 4.68 Å². The number of anilines is 2. The SMILES string of the molecule is CCNc1nc(NCCc2ccnn2C)nc(OC)n1. The van der Waals surface area contributed by atoms with Crippen LogP contribution < -0.4 is 15.4 Å². The summed E-state index contributed by atoms with van der Waals surface area (Å²) in [6, 6.07) is 2.28. The van der Waals surface area contributed by atoms with E-state index in [0.717, 1.165) is 18.7 Å². The minimum absolute atomic E-state index is 0.291. The molecule has 0 radical (unpaired) electrons. The van der Waals surface area contributed by atoms with Gasteiger partial charge in [-0.25, -0.2) is 0 Å². The Kier molecular flexibility index (Phi) is 4.70. The van der Waals surface area contributed by atoms with Crippen molar-refractivity contribution < 1.29 is 4.74 Å². The number of aryl methyl sites for hydroxylation is 1. The molecule has 0 aromatic carbocycles. The average Bonchev–Trinajstić information content (AvgIpc) is 2.84. The second kappa shape index (κ2) is 6.69. The summed E-state index contributed by atoms with van der Waals surface area (Å²) in [4.78, 5) is 12.5. The fourth-order valence-corrected chi connectivity index (χ4v) is 1.71. The number of ether oxygens (including phenoxy) is 1. The van der Waals surface area contributed by atoms with Crippen LogP contribution >= 0.6 is 0 Å². The number of methoxy groups -OCH3 is 1. The van der Waals surface area contributed by atoms with Gasteiger partial charge in [0.2, 0.25) is 11.9 Å². The first kappa shape index (κ1) is 14.0. The highest BCUT2D eigenvalue weighted by Crippen LogP contribution is 2.10. The predicted octanol–water partition coefficient (Wildman–Crippen LogP) is 0.700. The summed E-state index contributed by atoms with van der Waals surface area (Å²) >= 11 is 0. The van der Waals surface area contributed by atoms with Gasteiger partial charge in [0.25, 0.3) is 0 Å². The minimum Gasteiger partial charge on any atom is -0.467 e. The van der Waals surface area contributed by atoms with Crippen molar-refractivity contribution in [3.63, 3.8) is 0 Å². The van der Waals surface area contributed by atoms with Crippen molar-refractivity contribution in [2.45, 2.75) is 13.3 Å². The van der Waals surface area contributed by atoms with E-state index in [4.69, 9.17) is 4.74 Å². The minimum atomic E-state index is 0.291. The van der Waals surface area contributed by atoms with Crippen molar-refractivity contribution in [2.24, 2.45) is 7.05 Å². The molecule has 108 valence electrons. The summed E-state index contributed by atoms with van der Waals surface area (Å²) in [6.45, 7) is 3.42. The lowest BCUT2D eigenvalue weighted by atomic mass is 10.3. The van der Waals surface area contributed by atoms with Crippen molar-refractivity contribution in [1.82, 2.24) is 24.7 Å². The molecule has 8 nitrogen and oxygen atoms in total. The molecule has 0 aliphatic rings. The molecule has 8 heteroatoms. The van der Waals surface area contributed by atoms with Crippen molar-refractivity contribution in [1.29, 1.82) is 0 Å². The number of rotatable bonds is 7. The Morgan fingerprint density at radius 1 is 1.20 bits per heavy atom. The molecule has 0 atom stereocenters. The lowest BCUT2D eigenvalue weighted by molar-refractivity contribution is 0.379. The Hall–Kier alpha value is -2.38. The van der Waals surface area contributed by atoms with Crippen LogP contribution in [0.25, 0.3) is 0 Å². The molecule has 2 N–H and O–H groups in total. The maximum absolute atomic E-state index is 5.06. The first-order valence-electron chi connectivity index (χ1n) is 6.47. The van der Waals surface area contributed by atoms with Gasteiger partial charge < -0.3 is 15.4 Å². The van der Waals surface area contributed by atoms with Gasteiger partial charge in [-0.05, 0) is 13.0 Å². The standard InChI is InChI=1S/C12H19N7O/c1-4-13-10-16-11(18-12(17-10)20-3)14-7-5-9-6-8-15-19(9)2/h6,8H,4-5,7H2,1-3H3,(H2,13,14,16,17,18). The Morgan fingerprint density at radius 3 is 2.55 bits per heavy atom. The van der Waals surface area contributed by atoms with Crippen molar-refractivity contribution >= 4 is 11.9 Å². The van der Waals surface area contributed by atoms with Crippen LogP contribution in [-0.2, 0) is 13.5 Å². The number of hydrogen-bond donors (Lipinski definition) is 2. The number of nitrogens with zero attached hydrogens (tertiary/aromatic N) is 5.